The van der Waals surface area contributed by atoms with E-state index in [1.807, 2.05) is 0 Å². The van der Waals surface area contributed by atoms with Gasteiger partial charge in [-0.1, -0.05) is 0 Å². The first-order valence-corrected chi connectivity index (χ1v) is 6.84. The molecular weight excluding hydrogens is 202 g/mol. The predicted octanol–water partition coefficient (Wildman–Crippen LogP) is 1.54. The van der Waals surface area contributed by atoms with E-state index in [1.54, 1.807) is 0 Å². The predicted molar refractivity (Wildman–Crippen MR) is 62.4 cm³/mol. The molecular formula is C13H23NO2. The lowest BCUT2D eigenvalue weighted by molar-refractivity contribution is -0.150. The van der Waals surface area contributed by atoms with Gasteiger partial charge in [0.1, 0.15) is 0 Å². The van der Waals surface area contributed by atoms with Crippen molar-refractivity contribution >= 4 is 0 Å². The van der Waals surface area contributed by atoms with E-state index in [0.29, 0.717) is 18.7 Å². The SMILES string of the molecule is OC[C@H]1CCCN1C1CCOC2(CCC2)C1. The first kappa shape index (κ1) is 11.0. The molecule has 1 saturated carbocycles. The molecule has 1 N–H and O–H groups in total. The average molecular weight is 225 g/mol. The Balaban J connectivity index is 1.65. The van der Waals surface area contributed by atoms with E-state index < -0.39 is 0 Å². The fourth-order valence-electron chi connectivity index (χ4n) is 3.74. The highest BCUT2D eigenvalue weighted by molar-refractivity contribution is 4.98. The van der Waals surface area contributed by atoms with Gasteiger partial charge in [0, 0.05) is 18.7 Å². The van der Waals surface area contributed by atoms with E-state index in [1.165, 1.54) is 45.1 Å². The van der Waals surface area contributed by atoms with Gasteiger partial charge in [0.05, 0.1) is 12.2 Å². The number of aliphatic hydroxyl groups excluding tert-OH is 1. The van der Waals surface area contributed by atoms with E-state index in [2.05, 4.69) is 4.90 Å². The Morgan fingerprint density at radius 2 is 2.12 bits per heavy atom. The van der Waals surface area contributed by atoms with Gasteiger partial charge >= 0.3 is 0 Å². The molecule has 3 rings (SSSR count). The first-order chi connectivity index (χ1) is 7.83. The number of rotatable bonds is 2. The van der Waals surface area contributed by atoms with Crippen molar-refractivity contribution in [2.24, 2.45) is 0 Å². The van der Waals surface area contributed by atoms with Crippen LogP contribution in [0.15, 0.2) is 0 Å². The lowest BCUT2D eigenvalue weighted by atomic mass is 9.73. The van der Waals surface area contributed by atoms with Gasteiger partial charge in [-0.3, -0.25) is 4.90 Å². The molecule has 0 bridgehead atoms. The Labute approximate surface area is 97.8 Å². The van der Waals surface area contributed by atoms with Crippen molar-refractivity contribution in [3.05, 3.63) is 0 Å². The van der Waals surface area contributed by atoms with Crippen molar-refractivity contribution in [1.29, 1.82) is 0 Å². The fraction of sp³-hybridized carbons (Fsp3) is 1.00. The van der Waals surface area contributed by atoms with Crippen LogP contribution in [0.25, 0.3) is 0 Å². The molecule has 3 aliphatic rings. The Hall–Kier alpha value is -0.120. The van der Waals surface area contributed by atoms with Gasteiger partial charge in [0.15, 0.2) is 0 Å². The maximum Gasteiger partial charge on any atom is 0.0697 e. The topological polar surface area (TPSA) is 32.7 Å². The monoisotopic (exact) mass is 225 g/mol. The molecule has 1 spiro atoms. The average Bonchev–Trinajstić information content (AvgIpc) is 2.75. The second-order valence-electron chi connectivity index (χ2n) is 5.75. The summed E-state index contributed by atoms with van der Waals surface area (Å²) in [5.41, 5.74) is 0.242. The molecule has 16 heavy (non-hydrogen) atoms. The van der Waals surface area contributed by atoms with Crippen molar-refractivity contribution in [3.8, 4) is 0 Å². The van der Waals surface area contributed by atoms with E-state index >= 15 is 0 Å². The Bertz CT molecular complexity index is 252. The number of aliphatic hydroxyl groups is 1. The Morgan fingerprint density at radius 1 is 1.25 bits per heavy atom. The van der Waals surface area contributed by atoms with Crippen LogP contribution >= 0.6 is 0 Å². The maximum absolute atomic E-state index is 9.40. The van der Waals surface area contributed by atoms with Crippen LogP contribution < -0.4 is 0 Å². The quantitative estimate of drug-likeness (QED) is 0.774. The summed E-state index contributed by atoms with van der Waals surface area (Å²) < 4.78 is 5.97. The normalized spacial score (nSPS) is 38.8. The number of nitrogens with zero attached hydrogens (tertiary/aromatic N) is 1. The smallest absolute Gasteiger partial charge is 0.0697 e. The van der Waals surface area contributed by atoms with Crippen LogP contribution in [0.4, 0.5) is 0 Å². The van der Waals surface area contributed by atoms with Gasteiger partial charge in [-0.15, -0.1) is 0 Å². The zero-order chi connectivity index (χ0) is 11.0. The second kappa shape index (κ2) is 4.28. The molecule has 2 aliphatic heterocycles. The summed E-state index contributed by atoms with van der Waals surface area (Å²) in [5, 5.41) is 9.40. The molecule has 0 amide bonds. The van der Waals surface area contributed by atoms with E-state index in [0.717, 1.165) is 13.0 Å². The molecule has 1 unspecified atom stereocenters. The highest BCUT2D eigenvalue weighted by atomic mass is 16.5. The first-order valence-electron chi connectivity index (χ1n) is 6.84. The molecule has 0 aromatic rings. The highest BCUT2D eigenvalue weighted by Crippen LogP contribution is 2.44. The van der Waals surface area contributed by atoms with E-state index in [9.17, 15) is 5.11 Å². The molecule has 2 saturated heterocycles. The van der Waals surface area contributed by atoms with Gasteiger partial charge < -0.3 is 9.84 Å². The summed E-state index contributed by atoms with van der Waals surface area (Å²) >= 11 is 0. The lowest BCUT2D eigenvalue weighted by Gasteiger charge is -2.49. The van der Waals surface area contributed by atoms with Crippen LogP contribution in [0.1, 0.15) is 44.9 Å². The van der Waals surface area contributed by atoms with Gasteiger partial charge in [-0.05, 0) is 51.5 Å². The van der Waals surface area contributed by atoms with Crippen molar-refractivity contribution in [2.45, 2.75) is 62.6 Å². The molecule has 3 heteroatoms. The van der Waals surface area contributed by atoms with Crippen LogP contribution in [-0.2, 0) is 4.74 Å². The third kappa shape index (κ3) is 1.79. The fourth-order valence-corrected chi connectivity index (χ4v) is 3.74. The minimum atomic E-state index is 0.242. The van der Waals surface area contributed by atoms with Crippen LogP contribution in [0.5, 0.6) is 0 Å². The van der Waals surface area contributed by atoms with Crippen LogP contribution in [-0.4, -0.2) is 47.4 Å². The Morgan fingerprint density at radius 3 is 2.81 bits per heavy atom. The maximum atomic E-state index is 9.40. The van der Waals surface area contributed by atoms with Crippen molar-refractivity contribution in [1.82, 2.24) is 4.90 Å². The second-order valence-corrected chi connectivity index (χ2v) is 5.75. The zero-order valence-corrected chi connectivity index (χ0v) is 10.0. The zero-order valence-electron chi connectivity index (χ0n) is 10.0. The van der Waals surface area contributed by atoms with Crippen molar-refractivity contribution in [2.75, 3.05) is 19.8 Å². The highest BCUT2D eigenvalue weighted by Gasteiger charge is 2.45. The van der Waals surface area contributed by atoms with Crippen LogP contribution in [0.2, 0.25) is 0 Å². The minimum Gasteiger partial charge on any atom is -0.395 e. The third-order valence-corrected chi connectivity index (χ3v) is 4.83. The molecule has 92 valence electrons. The van der Waals surface area contributed by atoms with Crippen molar-refractivity contribution < 1.29 is 9.84 Å². The summed E-state index contributed by atoms with van der Waals surface area (Å²) in [7, 11) is 0. The summed E-state index contributed by atoms with van der Waals surface area (Å²) in [5.74, 6) is 0. The largest absolute Gasteiger partial charge is 0.395 e. The summed E-state index contributed by atoms with van der Waals surface area (Å²) in [6.07, 6.45) is 8.69. The molecule has 1 aliphatic carbocycles. The lowest BCUT2D eigenvalue weighted by Crippen LogP contribution is -2.53. The molecule has 0 aromatic carbocycles. The number of likely N-dealkylation sites (tertiary alicyclic amines) is 1. The minimum absolute atomic E-state index is 0.242. The van der Waals surface area contributed by atoms with Crippen LogP contribution in [0.3, 0.4) is 0 Å². The van der Waals surface area contributed by atoms with Gasteiger partial charge in [0.25, 0.3) is 0 Å². The van der Waals surface area contributed by atoms with E-state index in [-0.39, 0.29) is 5.60 Å². The standard InChI is InChI=1S/C13H23NO2/c15-10-12-3-1-7-14(12)11-4-8-16-13(9-11)5-2-6-13/h11-12,15H,1-10H2/t11?,12-/m1/s1. The molecule has 0 radical (unpaired) electrons. The molecule has 3 nitrogen and oxygen atoms in total. The van der Waals surface area contributed by atoms with E-state index in [4.69, 9.17) is 4.74 Å². The molecule has 3 fully saturated rings. The molecule has 0 aromatic heterocycles. The number of hydrogen-bond acceptors (Lipinski definition) is 3. The van der Waals surface area contributed by atoms with Crippen LogP contribution in [0, 0.1) is 0 Å². The van der Waals surface area contributed by atoms with Crippen molar-refractivity contribution in [3.63, 3.8) is 0 Å². The molecule has 2 heterocycles. The van der Waals surface area contributed by atoms with Gasteiger partial charge in [-0.25, -0.2) is 0 Å². The van der Waals surface area contributed by atoms with Gasteiger partial charge in [0.2, 0.25) is 0 Å². The summed E-state index contributed by atoms with van der Waals surface area (Å²) in [6.45, 7) is 2.45. The number of ether oxygens (including phenoxy) is 1. The third-order valence-electron chi connectivity index (χ3n) is 4.83. The summed E-state index contributed by atoms with van der Waals surface area (Å²) in [4.78, 5) is 2.56. The number of hydrogen-bond donors (Lipinski definition) is 1. The molecule has 2 atom stereocenters. The Kier molecular flexibility index (Phi) is 2.94. The van der Waals surface area contributed by atoms with Gasteiger partial charge in [-0.2, -0.15) is 0 Å². The summed E-state index contributed by atoms with van der Waals surface area (Å²) in [6, 6.07) is 1.11.